The first-order valence-electron chi connectivity index (χ1n) is 4.53. The highest BCUT2D eigenvalue weighted by Crippen LogP contribution is 2.24. The van der Waals surface area contributed by atoms with E-state index < -0.39 is 0 Å². The molecule has 4 heteroatoms. The molecule has 0 aromatic rings. The van der Waals surface area contributed by atoms with E-state index in [4.69, 9.17) is 11.6 Å². The standard InChI is InChI=1S/C11H15ClINO/c1-5-10(13)9(6-11(12)14-4)7(2)8(3)15/h5-6,14H,1-4H3/b9-7-,10-5+,11-6-. The molecule has 0 aliphatic carbocycles. The molecule has 0 bridgehead atoms. The number of carbonyl (C=O) groups is 1. The minimum absolute atomic E-state index is 0.0536. The largest absolute Gasteiger partial charge is 0.379 e. The summed E-state index contributed by atoms with van der Waals surface area (Å²) in [4.78, 5) is 11.3. The van der Waals surface area contributed by atoms with Gasteiger partial charge in [0.15, 0.2) is 5.78 Å². The van der Waals surface area contributed by atoms with Crippen LogP contribution in [-0.4, -0.2) is 12.8 Å². The molecule has 2 nitrogen and oxygen atoms in total. The van der Waals surface area contributed by atoms with E-state index in [0.29, 0.717) is 10.7 Å². The summed E-state index contributed by atoms with van der Waals surface area (Å²) in [6.07, 6.45) is 3.71. The number of hydrogen-bond acceptors (Lipinski definition) is 2. The lowest BCUT2D eigenvalue weighted by Crippen LogP contribution is -2.02. The molecule has 0 heterocycles. The van der Waals surface area contributed by atoms with Crippen LogP contribution in [0.3, 0.4) is 0 Å². The highest BCUT2D eigenvalue weighted by molar-refractivity contribution is 14.1. The zero-order valence-electron chi connectivity index (χ0n) is 9.32. The van der Waals surface area contributed by atoms with E-state index in [-0.39, 0.29) is 5.78 Å². The van der Waals surface area contributed by atoms with Crippen molar-refractivity contribution < 1.29 is 4.79 Å². The van der Waals surface area contributed by atoms with Gasteiger partial charge in [-0.15, -0.1) is 0 Å². The second kappa shape index (κ2) is 7.06. The van der Waals surface area contributed by atoms with Crippen LogP contribution in [0.1, 0.15) is 20.8 Å². The van der Waals surface area contributed by atoms with Gasteiger partial charge in [-0.05, 0) is 55.0 Å². The maximum atomic E-state index is 11.3. The van der Waals surface area contributed by atoms with E-state index in [2.05, 4.69) is 27.9 Å². The normalized spacial score (nSPS) is 14.8. The zero-order chi connectivity index (χ0) is 12.0. The van der Waals surface area contributed by atoms with Gasteiger partial charge in [-0.2, -0.15) is 0 Å². The number of hydrogen-bond donors (Lipinski definition) is 1. The Morgan fingerprint density at radius 3 is 2.27 bits per heavy atom. The lowest BCUT2D eigenvalue weighted by Gasteiger charge is -2.06. The summed E-state index contributed by atoms with van der Waals surface area (Å²) in [6, 6.07) is 0. The van der Waals surface area contributed by atoms with Gasteiger partial charge in [0.1, 0.15) is 5.16 Å². The van der Waals surface area contributed by atoms with Gasteiger partial charge in [0, 0.05) is 16.2 Å². The lowest BCUT2D eigenvalue weighted by atomic mass is 10.1. The Bertz CT molecular complexity index is 342. The molecule has 0 atom stereocenters. The molecular weight excluding hydrogens is 324 g/mol. The molecule has 0 aliphatic heterocycles. The van der Waals surface area contributed by atoms with Crippen LogP contribution >= 0.6 is 34.2 Å². The van der Waals surface area contributed by atoms with Crippen molar-refractivity contribution in [3.63, 3.8) is 0 Å². The Hall–Kier alpha value is -0.290. The number of carbonyl (C=O) groups excluding carboxylic acids is 1. The molecule has 15 heavy (non-hydrogen) atoms. The molecule has 0 amide bonds. The van der Waals surface area contributed by atoms with Crippen LogP contribution in [0.4, 0.5) is 0 Å². The van der Waals surface area contributed by atoms with Crippen LogP contribution in [0.15, 0.2) is 32.0 Å². The first kappa shape index (κ1) is 14.7. The van der Waals surface area contributed by atoms with E-state index in [1.54, 1.807) is 27.0 Å². The summed E-state index contributed by atoms with van der Waals surface area (Å²) in [5, 5.41) is 3.33. The van der Waals surface area contributed by atoms with Crippen molar-refractivity contribution in [3.05, 3.63) is 32.0 Å². The quantitative estimate of drug-likeness (QED) is 0.367. The molecule has 0 saturated heterocycles. The van der Waals surface area contributed by atoms with Crippen molar-refractivity contribution in [2.45, 2.75) is 20.8 Å². The van der Waals surface area contributed by atoms with E-state index in [1.807, 2.05) is 13.0 Å². The van der Waals surface area contributed by atoms with Crippen molar-refractivity contribution in [1.29, 1.82) is 0 Å². The van der Waals surface area contributed by atoms with Crippen molar-refractivity contribution in [1.82, 2.24) is 5.32 Å². The predicted molar refractivity (Wildman–Crippen MR) is 74.2 cm³/mol. The van der Waals surface area contributed by atoms with E-state index >= 15 is 0 Å². The van der Waals surface area contributed by atoms with Crippen molar-refractivity contribution in [3.8, 4) is 0 Å². The summed E-state index contributed by atoms with van der Waals surface area (Å²) in [7, 11) is 1.74. The number of allylic oxidation sites excluding steroid dienone is 5. The number of nitrogens with one attached hydrogen (secondary N) is 1. The second-order valence-corrected chi connectivity index (χ2v) is 4.54. The number of halogens is 2. The average Bonchev–Trinajstić information content (AvgIpc) is 2.23. The molecule has 0 rings (SSSR count). The third kappa shape index (κ3) is 4.84. The number of rotatable bonds is 4. The van der Waals surface area contributed by atoms with Gasteiger partial charge in [0.05, 0.1) is 0 Å². The monoisotopic (exact) mass is 339 g/mol. The van der Waals surface area contributed by atoms with E-state index in [9.17, 15) is 4.79 Å². The maximum absolute atomic E-state index is 11.3. The van der Waals surface area contributed by atoms with Crippen LogP contribution in [0, 0.1) is 0 Å². The molecular formula is C11H15ClINO. The maximum Gasteiger partial charge on any atom is 0.156 e. The Morgan fingerprint density at radius 1 is 1.40 bits per heavy atom. The van der Waals surface area contributed by atoms with Crippen LogP contribution in [-0.2, 0) is 4.79 Å². The molecule has 84 valence electrons. The molecule has 0 spiro atoms. The van der Waals surface area contributed by atoms with Gasteiger partial charge in [-0.25, -0.2) is 0 Å². The molecule has 0 aromatic carbocycles. The number of ketones is 1. The Morgan fingerprint density at radius 2 is 1.93 bits per heavy atom. The van der Waals surface area contributed by atoms with Gasteiger partial charge in [0.25, 0.3) is 0 Å². The fourth-order valence-electron chi connectivity index (χ4n) is 0.900. The molecule has 0 fully saturated rings. The summed E-state index contributed by atoms with van der Waals surface area (Å²) in [6.45, 7) is 5.28. The molecule has 0 aromatic heterocycles. The van der Waals surface area contributed by atoms with Gasteiger partial charge in [-0.3, -0.25) is 4.79 Å². The highest BCUT2D eigenvalue weighted by atomic mass is 127. The fraction of sp³-hybridized carbons (Fsp3) is 0.364. The summed E-state index contributed by atoms with van der Waals surface area (Å²) in [5.74, 6) is 0.0536. The summed E-state index contributed by atoms with van der Waals surface area (Å²) >= 11 is 8.07. The lowest BCUT2D eigenvalue weighted by molar-refractivity contribution is -0.113. The molecule has 0 radical (unpaired) electrons. The SMILES string of the molecule is C\C=C(I)/C(/C=C(/Cl)NC)=C(/C)C(C)=O. The minimum atomic E-state index is 0.0536. The molecule has 1 N–H and O–H groups in total. The van der Waals surface area contributed by atoms with Crippen LogP contribution < -0.4 is 5.32 Å². The van der Waals surface area contributed by atoms with Crippen LogP contribution in [0.25, 0.3) is 0 Å². The van der Waals surface area contributed by atoms with Crippen LogP contribution in [0.5, 0.6) is 0 Å². The third-order valence-corrected chi connectivity index (χ3v) is 3.45. The predicted octanol–water partition coefficient (Wildman–Crippen LogP) is 3.53. The zero-order valence-corrected chi connectivity index (χ0v) is 12.2. The first-order valence-corrected chi connectivity index (χ1v) is 5.98. The Labute approximate surface area is 110 Å². The van der Waals surface area contributed by atoms with E-state index in [0.717, 1.165) is 9.15 Å². The van der Waals surface area contributed by atoms with Gasteiger partial charge in [-0.1, -0.05) is 17.7 Å². The third-order valence-electron chi connectivity index (χ3n) is 1.95. The van der Waals surface area contributed by atoms with Crippen molar-refractivity contribution in [2.75, 3.05) is 7.05 Å². The average molecular weight is 340 g/mol. The molecule has 0 saturated carbocycles. The highest BCUT2D eigenvalue weighted by Gasteiger charge is 2.07. The smallest absolute Gasteiger partial charge is 0.156 e. The van der Waals surface area contributed by atoms with Gasteiger partial charge < -0.3 is 5.32 Å². The van der Waals surface area contributed by atoms with E-state index in [1.165, 1.54) is 0 Å². The first-order chi connectivity index (χ1) is 6.93. The summed E-state index contributed by atoms with van der Waals surface area (Å²) in [5.41, 5.74) is 1.58. The topological polar surface area (TPSA) is 29.1 Å². The van der Waals surface area contributed by atoms with Gasteiger partial charge >= 0.3 is 0 Å². The Kier molecular flexibility index (Phi) is 6.92. The van der Waals surface area contributed by atoms with Crippen molar-refractivity contribution in [2.24, 2.45) is 0 Å². The minimum Gasteiger partial charge on any atom is -0.379 e. The molecule has 0 aliphatic rings. The Balaban J connectivity index is 5.45. The van der Waals surface area contributed by atoms with Gasteiger partial charge in [0.2, 0.25) is 0 Å². The van der Waals surface area contributed by atoms with Crippen LogP contribution in [0.2, 0.25) is 0 Å². The molecule has 0 unspecified atom stereocenters. The number of Topliss-reactive ketones (excluding diaryl/α,β-unsaturated/α-hetero) is 1. The second-order valence-electron chi connectivity index (χ2n) is 2.97. The fourth-order valence-corrected chi connectivity index (χ4v) is 1.57. The summed E-state index contributed by atoms with van der Waals surface area (Å²) < 4.78 is 1.01. The van der Waals surface area contributed by atoms with Crippen molar-refractivity contribution >= 4 is 40.0 Å².